The Morgan fingerprint density at radius 3 is 2.62 bits per heavy atom. The van der Waals surface area contributed by atoms with Crippen LogP contribution in [0.3, 0.4) is 0 Å². The minimum absolute atomic E-state index is 0.0915. The van der Waals surface area contributed by atoms with E-state index in [4.69, 9.17) is 4.98 Å². The molecule has 1 N–H and O–H groups in total. The molecule has 0 radical (unpaired) electrons. The predicted molar refractivity (Wildman–Crippen MR) is 122 cm³/mol. The van der Waals surface area contributed by atoms with Crippen molar-refractivity contribution in [2.75, 3.05) is 25.5 Å². The third kappa shape index (κ3) is 5.00. The Hall–Kier alpha value is -1.46. The first-order chi connectivity index (χ1) is 14.2. The normalized spacial score (nSPS) is 21.4. The lowest BCUT2D eigenvalue weighted by molar-refractivity contribution is 0.301. The molecule has 5 heteroatoms. The molecule has 2 heterocycles. The first-order valence-corrected chi connectivity index (χ1v) is 12.2. The quantitative estimate of drug-likeness (QED) is 0.585. The van der Waals surface area contributed by atoms with E-state index in [1.54, 1.807) is 23.5 Å². The molecule has 1 atom stereocenters. The van der Waals surface area contributed by atoms with E-state index >= 15 is 0 Å². The van der Waals surface area contributed by atoms with Crippen LogP contribution in [-0.2, 0) is 5.41 Å². The summed E-state index contributed by atoms with van der Waals surface area (Å²) in [4.78, 5) is 7.40. The van der Waals surface area contributed by atoms with Crippen LogP contribution in [-0.4, -0.2) is 36.1 Å². The minimum atomic E-state index is -0.258. The zero-order valence-electron chi connectivity index (χ0n) is 18.2. The van der Waals surface area contributed by atoms with E-state index < -0.39 is 0 Å². The molecule has 3 nitrogen and oxygen atoms in total. The van der Waals surface area contributed by atoms with Crippen LogP contribution in [0.2, 0.25) is 0 Å². The van der Waals surface area contributed by atoms with E-state index in [-0.39, 0.29) is 11.2 Å². The molecule has 1 aliphatic carbocycles. The summed E-state index contributed by atoms with van der Waals surface area (Å²) in [5.41, 5.74) is 1.62. The first-order valence-electron chi connectivity index (χ1n) is 11.3. The zero-order valence-corrected chi connectivity index (χ0v) is 19.0. The van der Waals surface area contributed by atoms with Crippen molar-refractivity contribution in [1.29, 1.82) is 0 Å². The van der Waals surface area contributed by atoms with E-state index in [1.165, 1.54) is 25.8 Å². The van der Waals surface area contributed by atoms with Crippen molar-refractivity contribution in [3.05, 3.63) is 46.7 Å². The van der Waals surface area contributed by atoms with Gasteiger partial charge in [-0.15, -0.1) is 11.3 Å². The van der Waals surface area contributed by atoms with Crippen molar-refractivity contribution in [3.63, 3.8) is 0 Å². The average Bonchev–Trinajstić information content (AvgIpc) is 3.40. The molecule has 1 saturated heterocycles. The van der Waals surface area contributed by atoms with Crippen molar-refractivity contribution >= 4 is 16.5 Å². The van der Waals surface area contributed by atoms with E-state index in [9.17, 15) is 4.39 Å². The maximum Gasteiger partial charge on any atom is 0.182 e. The summed E-state index contributed by atoms with van der Waals surface area (Å²) in [6.45, 7) is 6.17. The van der Waals surface area contributed by atoms with Crippen LogP contribution in [0.25, 0.3) is 0 Å². The van der Waals surface area contributed by atoms with Gasteiger partial charge in [-0.05, 0) is 57.3 Å². The smallest absolute Gasteiger partial charge is 0.182 e. The SMILES string of the molecule is CC.CN1CCCC1CCNc1nc(C2(c3ccccc3F)CCCCC2)cs1. The van der Waals surface area contributed by atoms with Crippen LogP contribution in [0.4, 0.5) is 9.52 Å². The van der Waals surface area contributed by atoms with Gasteiger partial charge in [0.25, 0.3) is 0 Å². The molecule has 2 aliphatic rings. The van der Waals surface area contributed by atoms with Crippen molar-refractivity contribution in [3.8, 4) is 0 Å². The van der Waals surface area contributed by atoms with E-state index in [1.807, 2.05) is 26.0 Å². The molecule has 1 aliphatic heterocycles. The highest BCUT2D eigenvalue weighted by atomic mass is 32.1. The summed E-state index contributed by atoms with van der Waals surface area (Å²) in [7, 11) is 2.22. The van der Waals surface area contributed by atoms with Gasteiger partial charge in [0.2, 0.25) is 0 Å². The van der Waals surface area contributed by atoms with Crippen LogP contribution >= 0.6 is 11.3 Å². The molecule has 2 aromatic rings. The fourth-order valence-corrected chi connectivity index (χ4v) is 5.77. The average molecular weight is 418 g/mol. The second-order valence-electron chi connectivity index (χ2n) is 8.15. The van der Waals surface area contributed by atoms with Gasteiger partial charge in [0, 0.05) is 23.4 Å². The molecule has 4 rings (SSSR count). The Bertz CT molecular complexity index is 754. The Morgan fingerprint density at radius 2 is 1.93 bits per heavy atom. The van der Waals surface area contributed by atoms with Gasteiger partial charge in [0.15, 0.2) is 5.13 Å². The van der Waals surface area contributed by atoms with Crippen LogP contribution in [0.5, 0.6) is 0 Å². The topological polar surface area (TPSA) is 28.2 Å². The number of benzene rings is 1. The Balaban J connectivity index is 0.00000117. The molecule has 1 aromatic carbocycles. The highest BCUT2D eigenvalue weighted by Crippen LogP contribution is 2.46. The molecule has 0 amide bonds. The number of rotatable bonds is 6. The van der Waals surface area contributed by atoms with Gasteiger partial charge in [-0.2, -0.15) is 0 Å². The number of likely N-dealkylation sites (tertiary alicyclic amines) is 1. The number of anilines is 1. The van der Waals surface area contributed by atoms with Crippen LogP contribution in [0.15, 0.2) is 29.6 Å². The van der Waals surface area contributed by atoms with Gasteiger partial charge in [-0.3, -0.25) is 0 Å². The summed E-state index contributed by atoms with van der Waals surface area (Å²) >= 11 is 1.67. The van der Waals surface area contributed by atoms with E-state index in [2.05, 4.69) is 22.6 Å². The summed E-state index contributed by atoms with van der Waals surface area (Å²) in [5.74, 6) is -0.0915. The minimum Gasteiger partial charge on any atom is -0.361 e. The Kier molecular flexibility index (Phi) is 8.07. The number of halogens is 1. The third-order valence-electron chi connectivity index (χ3n) is 6.52. The van der Waals surface area contributed by atoms with Gasteiger partial charge in [-0.1, -0.05) is 51.3 Å². The molecule has 1 saturated carbocycles. The van der Waals surface area contributed by atoms with Crippen molar-refractivity contribution in [2.24, 2.45) is 0 Å². The maximum absolute atomic E-state index is 14.7. The molecule has 2 fully saturated rings. The standard InChI is InChI=1S/C22H30FN3S.C2H6/c1-26-15-7-8-17(26)11-14-24-21-25-20(16-27-21)22(12-5-2-6-13-22)18-9-3-4-10-19(18)23;1-2/h3-4,9-10,16-17H,2,5-8,11-15H2,1H3,(H,24,25);1-2H3. The lowest BCUT2D eigenvalue weighted by Gasteiger charge is -2.36. The van der Waals surface area contributed by atoms with E-state index in [0.717, 1.165) is 55.0 Å². The maximum atomic E-state index is 14.7. The zero-order chi connectivity index (χ0) is 20.7. The second-order valence-corrected chi connectivity index (χ2v) is 9.01. The number of hydrogen-bond acceptors (Lipinski definition) is 4. The summed E-state index contributed by atoms with van der Waals surface area (Å²) < 4.78 is 14.7. The number of nitrogens with one attached hydrogen (secondary N) is 1. The molecular weight excluding hydrogens is 381 g/mol. The molecule has 29 heavy (non-hydrogen) atoms. The molecule has 1 aromatic heterocycles. The van der Waals surface area contributed by atoms with Crippen molar-refractivity contribution in [1.82, 2.24) is 9.88 Å². The van der Waals surface area contributed by atoms with E-state index in [0.29, 0.717) is 6.04 Å². The largest absolute Gasteiger partial charge is 0.361 e. The first kappa shape index (κ1) is 22.2. The number of thiazole rings is 1. The monoisotopic (exact) mass is 417 g/mol. The fraction of sp³-hybridized carbons (Fsp3) is 0.625. The van der Waals surface area contributed by atoms with Crippen LogP contribution in [0.1, 0.15) is 76.5 Å². The summed E-state index contributed by atoms with van der Waals surface area (Å²) in [6.07, 6.45) is 9.27. The van der Waals surface area contributed by atoms with Crippen molar-refractivity contribution in [2.45, 2.75) is 76.7 Å². The predicted octanol–water partition coefficient (Wildman–Crippen LogP) is 6.45. The summed E-state index contributed by atoms with van der Waals surface area (Å²) in [6, 6.07) is 7.99. The number of aromatic nitrogens is 1. The van der Waals surface area contributed by atoms with Crippen LogP contribution < -0.4 is 5.32 Å². The third-order valence-corrected chi connectivity index (χ3v) is 7.32. The summed E-state index contributed by atoms with van der Waals surface area (Å²) in [5, 5.41) is 6.66. The molecule has 160 valence electrons. The number of hydrogen-bond donors (Lipinski definition) is 1. The molecule has 1 unspecified atom stereocenters. The Labute approximate surface area is 179 Å². The molecular formula is C24H36FN3S. The van der Waals surface area contributed by atoms with Gasteiger partial charge in [-0.25, -0.2) is 9.37 Å². The van der Waals surface area contributed by atoms with Crippen molar-refractivity contribution < 1.29 is 4.39 Å². The highest BCUT2D eigenvalue weighted by Gasteiger charge is 2.39. The van der Waals surface area contributed by atoms with Gasteiger partial charge in [0.05, 0.1) is 5.69 Å². The van der Waals surface area contributed by atoms with Crippen LogP contribution in [0, 0.1) is 5.82 Å². The fourth-order valence-electron chi connectivity index (χ4n) is 4.93. The number of nitrogens with zero attached hydrogens (tertiary/aromatic N) is 2. The highest BCUT2D eigenvalue weighted by molar-refractivity contribution is 7.13. The Morgan fingerprint density at radius 1 is 1.17 bits per heavy atom. The van der Waals surface area contributed by atoms with Gasteiger partial charge >= 0.3 is 0 Å². The molecule has 0 spiro atoms. The lowest BCUT2D eigenvalue weighted by Crippen LogP contribution is -2.32. The van der Waals surface area contributed by atoms with Gasteiger partial charge in [0.1, 0.15) is 5.82 Å². The lowest BCUT2D eigenvalue weighted by atomic mass is 9.67. The second kappa shape index (κ2) is 10.5. The van der Waals surface area contributed by atoms with Gasteiger partial charge < -0.3 is 10.2 Å². The molecule has 0 bridgehead atoms.